The zero-order valence-electron chi connectivity index (χ0n) is 10.1. The van der Waals surface area contributed by atoms with Crippen molar-refractivity contribution in [2.75, 3.05) is 26.2 Å². The van der Waals surface area contributed by atoms with Crippen LogP contribution in [0.2, 0.25) is 0 Å². The molecule has 0 aromatic carbocycles. The number of hydrogen-bond acceptors (Lipinski definition) is 5. The molecule has 0 saturated carbocycles. The summed E-state index contributed by atoms with van der Waals surface area (Å²) in [7, 11) is 0. The lowest BCUT2D eigenvalue weighted by Crippen LogP contribution is -2.39. The van der Waals surface area contributed by atoms with Crippen molar-refractivity contribution in [1.82, 2.24) is 19.8 Å². The van der Waals surface area contributed by atoms with E-state index in [2.05, 4.69) is 14.9 Å². The van der Waals surface area contributed by atoms with Crippen molar-refractivity contribution in [3.63, 3.8) is 0 Å². The SMILES string of the molecule is CCN(CC1CCNCC1)C(=O)c1cnns1. The fraction of sp³-hybridized carbons (Fsp3) is 0.727. The lowest BCUT2D eigenvalue weighted by Gasteiger charge is -2.29. The highest BCUT2D eigenvalue weighted by molar-refractivity contribution is 7.07. The Labute approximate surface area is 105 Å². The fourth-order valence-corrected chi connectivity index (χ4v) is 2.63. The highest BCUT2D eigenvalue weighted by Gasteiger charge is 2.21. The molecule has 0 bridgehead atoms. The van der Waals surface area contributed by atoms with Crippen LogP contribution in [-0.4, -0.2) is 46.6 Å². The highest BCUT2D eigenvalue weighted by Crippen LogP contribution is 2.15. The van der Waals surface area contributed by atoms with Gasteiger partial charge >= 0.3 is 0 Å². The predicted octanol–water partition coefficient (Wildman–Crippen LogP) is 1.000. The molecule has 2 rings (SSSR count). The van der Waals surface area contributed by atoms with E-state index in [9.17, 15) is 4.79 Å². The molecule has 0 spiro atoms. The van der Waals surface area contributed by atoms with Gasteiger partial charge in [0.25, 0.3) is 5.91 Å². The first-order valence-corrected chi connectivity index (χ1v) is 6.86. The molecule has 1 aliphatic rings. The maximum atomic E-state index is 12.2. The third-order valence-electron chi connectivity index (χ3n) is 3.18. The van der Waals surface area contributed by atoms with Crippen molar-refractivity contribution in [2.24, 2.45) is 5.92 Å². The van der Waals surface area contributed by atoms with Crippen molar-refractivity contribution in [2.45, 2.75) is 19.8 Å². The van der Waals surface area contributed by atoms with Gasteiger partial charge < -0.3 is 10.2 Å². The van der Waals surface area contributed by atoms with Crippen molar-refractivity contribution in [3.05, 3.63) is 11.1 Å². The maximum Gasteiger partial charge on any atom is 0.267 e. The Kier molecular flexibility index (Phi) is 4.44. The number of aromatic nitrogens is 2. The molecular weight excluding hydrogens is 236 g/mol. The Balaban J connectivity index is 1.93. The number of carbonyl (C=O) groups is 1. The summed E-state index contributed by atoms with van der Waals surface area (Å²) in [6, 6.07) is 0. The van der Waals surface area contributed by atoms with Crippen LogP contribution in [0.4, 0.5) is 0 Å². The molecule has 5 nitrogen and oxygen atoms in total. The molecule has 1 amide bonds. The lowest BCUT2D eigenvalue weighted by atomic mass is 9.97. The summed E-state index contributed by atoms with van der Waals surface area (Å²) in [5.74, 6) is 0.696. The van der Waals surface area contributed by atoms with Crippen LogP contribution in [0.5, 0.6) is 0 Å². The Morgan fingerprint density at radius 3 is 2.94 bits per heavy atom. The van der Waals surface area contributed by atoms with Gasteiger partial charge in [0.1, 0.15) is 4.88 Å². The molecule has 1 N–H and O–H groups in total. The second-order valence-corrected chi connectivity index (χ2v) is 5.10. The van der Waals surface area contributed by atoms with Crippen LogP contribution in [0.25, 0.3) is 0 Å². The average Bonchev–Trinajstić information content (AvgIpc) is 2.90. The van der Waals surface area contributed by atoms with Crippen LogP contribution in [-0.2, 0) is 0 Å². The summed E-state index contributed by atoms with van der Waals surface area (Å²) in [6.07, 6.45) is 3.87. The third kappa shape index (κ3) is 3.23. The molecule has 17 heavy (non-hydrogen) atoms. The molecule has 6 heteroatoms. The van der Waals surface area contributed by atoms with Crippen LogP contribution in [0.15, 0.2) is 6.20 Å². The molecule has 2 heterocycles. The van der Waals surface area contributed by atoms with E-state index in [1.54, 1.807) is 6.20 Å². The van der Waals surface area contributed by atoms with E-state index in [-0.39, 0.29) is 5.91 Å². The quantitative estimate of drug-likeness (QED) is 0.871. The number of nitrogens with one attached hydrogen (secondary N) is 1. The number of piperidine rings is 1. The van der Waals surface area contributed by atoms with Crippen molar-refractivity contribution in [3.8, 4) is 0 Å². The van der Waals surface area contributed by atoms with E-state index >= 15 is 0 Å². The van der Waals surface area contributed by atoms with E-state index in [0.717, 1.165) is 39.0 Å². The summed E-state index contributed by atoms with van der Waals surface area (Å²) < 4.78 is 3.74. The molecule has 0 radical (unpaired) electrons. The number of amides is 1. The monoisotopic (exact) mass is 254 g/mol. The van der Waals surface area contributed by atoms with Gasteiger partial charge in [0.2, 0.25) is 0 Å². The minimum absolute atomic E-state index is 0.0704. The molecule has 0 unspecified atom stereocenters. The topological polar surface area (TPSA) is 58.1 Å². The Bertz CT molecular complexity index is 348. The van der Waals surface area contributed by atoms with E-state index in [1.807, 2.05) is 11.8 Å². The van der Waals surface area contributed by atoms with Crippen LogP contribution >= 0.6 is 11.5 Å². The second kappa shape index (κ2) is 6.07. The van der Waals surface area contributed by atoms with Gasteiger partial charge in [0.05, 0.1) is 6.20 Å². The van der Waals surface area contributed by atoms with E-state index < -0.39 is 0 Å². The number of rotatable bonds is 4. The minimum Gasteiger partial charge on any atom is -0.338 e. The molecule has 0 atom stereocenters. The van der Waals surface area contributed by atoms with Crippen LogP contribution in [0, 0.1) is 5.92 Å². The Hall–Kier alpha value is -1.01. The Morgan fingerprint density at radius 2 is 2.35 bits per heavy atom. The number of carbonyl (C=O) groups excluding carboxylic acids is 1. The van der Waals surface area contributed by atoms with Crippen molar-refractivity contribution < 1.29 is 4.79 Å². The fourth-order valence-electron chi connectivity index (χ4n) is 2.15. The molecular formula is C11H18N4OS. The number of hydrogen-bond donors (Lipinski definition) is 1. The van der Waals surface area contributed by atoms with Crippen molar-refractivity contribution >= 4 is 17.4 Å². The van der Waals surface area contributed by atoms with E-state index in [1.165, 1.54) is 11.5 Å². The molecule has 1 aromatic heterocycles. The normalized spacial score (nSPS) is 17.0. The first-order valence-electron chi connectivity index (χ1n) is 6.08. The minimum atomic E-state index is 0.0704. The molecule has 94 valence electrons. The largest absolute Gasteiger partial charge is 0.338 e. The first kappa shape index (κ1) is 12.4. The average molecular weight is 254 g/mol. The van der Waals surface area contributed by atoms with E-state index in [4.69, 9.17) is 0 Å². The number of nitrogens with zero attached hydrogens (tertiary/aromatic N) is 3. The van der Waals surface area contributed by atoms with Gasteiger partial charge in [-0.3, -0.25) is 4.79 Å². The molecule has 0 aliphatic carbocycles. The van der Waals surface area contributed by atoms with Crippen molar-refractivity contribution in [1.29, 1.82) is 0 Å². The van der Waals surface area contributed by atoms with Gasteiger partial charge in [0, 0.05) is 13.1 Å². The summed E-state index contributed by atoms with van der Waals surface area (Å²) in [5.41, 5.74) is 0. The highest BCUT2D eigenvalue weighted by atomic mass is 32.1. The second-order valence-electron chi connectivity index (χ2n) is 4.32. The third-order valence-corrected chi connectivity index (χ3v) is 3.83. The maximum absolute atomic E-state index is 12.2. The van der Waals surface area contributed by atoms with Gasteiger partial charge in [-0.25, -0.2) is 0 Å². The van der Waals surface area contributed by atoms with Crippen LogP contribution < -0.4 is 5.32 Å². The van der Waals surface area contributed by atoms with Gasteiger partial charge in [-0.1, -0.05) is 4.49 Å². The van der Waals surface area contributed by atoms with Crippen LogP contribution in [0.1, 0.15) is 29.4 Å². The van der Waals surface area contributed by atoms with Gasteiger partial charge in [0.15, 0.2) is 0 Å². The summed E-state index contributed by atoms with van der Waals surface area (Å²) in [6.45, 7) is 5.76. The summed E-state index contributed by atoms with van der Waals surface area (Å²) in [5, 5.41) is 7.06. The molecule has 1 aliphatic heterocycles. The molecule has 1 saturated heterocycles. The zero-order valence-corrected chi connectivity index (χ0v) is 10.9. The zero-order chi connectivity index (χ0) is 12.1. The van der Waals surface area contributed by atoms with Gasteiger partial charge in [-0.2, -0.15) is 0 Å². The lowest BCUT2D eigenvalue weighted by molar-refractivity contribution is 0.0731. The molecule has 1 aromatic rings. The van der Waals surface area contributed by atoms with E-state index in [0.29, 0.717) is 10.8 Å². The Morgan fingerprint density at radius 1 is 1.59 bits per heavy atom. The smallest absolute Gasteiger partial charge is 0.267 e. The standard InChI is InChI=1S/C11H18N4OS/c1-2-15(8-9-3-5-12-6-4-9)11(16)10-7-13-14-17-10/h7,9,12H,2-6,8H2,1H3. The molecule has 1 fully saturated rings. The summed E-state index contributed by atoms with van der Waals surface area (Å²) >= 11 is 1.17. The van der Waals surface area contributed by atoms with Gasteiger partial charge in [-0.15, -0.1) is 5.10 Å². The van der Waals surface area contributed by atoms with Crippen LogP contribution in [0.3, 0.4) is 0 Å². The predicted molar refractivity (Wildman–Crippen MR) is 67.1 cm³/mol. The first-order chi connectivity index (χ1) is 8.31. The van der Waals surface area contributed by atoms with Gasteiger partial charge in [-0.05, 0) is 50.3 Å². The summed E-state index contributed by atoms with van der Waals surface area (Å²) in [4.78, 5) is 14.7.